The van der Waals surface area contributed by atoms with E-state index >= 15 is 0 Å². The van der Waals surface area contributed by atoms with Crippen LogP contribution in [0.2, 0.25) is 0 Å². The molecule has 0 aromatic carbocycles. The number of rotatable bonds is 5. The van der Waals surface area contributed by atoms with Crippen molar-refractivity contribution in [1.82, 2.24) is 0 Å². The summed E-state index contributed by atoms with van der Waals surface area (Å²) in [4.78, 5) is 0. The predicted octanol–water partition coefficient (Wildman–Crippen LogP) is 1.92. The second-order valence-electron chi connectivity index (χ2n) is 4.49. The molecule has 2 fully saturated rings. The minimum atomic E-state index is 0.543. The average molecular weight is 192 g/mol. The molecule has 0 bridgehead atoms. The van der Waals surface area contributed by atoms with Crippen molar-refractivity contribution in [3.05, 3.63) is 24.3 Å². The van der Waals surface area contributed by atoms with Crippen LogP contribution in [0.5, 0.6) is 0 Å². The smallest absolute Gasteiger partial charge is 0.0812 e. The summed E-state index contributed by atoms with van der Waals surface area (Å²) in [6.07, 6.45) is 12.4. The van der Waals surface area contributed by atoms with Gasteiger partial charge in [-0.1, -0.05) is 24.3 Å². The molecule has 3 aliphatic rings. The molecule has 3 rings (SSSR count). The molecule has 2 heterocycles. The fourth-order valence-electron chi connectivity index (χ4n) is 2.26. The normalized spacial score (nSPS) is 36.3. The second-order valence-corrected chi connectivity index (χ2v) is 4.49. The van der Waals surface area contributed by atoms with Crippen molar-refractivity contribution >= 4 is 0 Å². The van der Waals surface area contributed by atoms with Crippen LogP contribution >= 0.6 is 0 Å². The van der Waals surface area contributed by atoms with Crippen LogP contribution in [0.1, 0.15) is 12.8 Å². The highest BCUT2D eigenvalue weighted by molar-refractivity contribution is 5.19. The first-order valence-electron chi connectivity index (χ1n) is 5.50. The standard InChI is InChI=1S/C12H16O2/c1-2-4-9(3-1)10(5-11-7-13-11)6-12-8-14-12/h1-4,9-12H,5-8H2. The second kappa shape index (κ2) is 3.52. The fraction of sp³-hybridized carbons (Fsp3) is 0.667. The van der Waals surface area contributed by atoms with Crippen molar-refractivity contribution in [2.75, 3.05) is 13.2 Å². The van der Waals surface area contributed by atoms with Gasteiger partial charge >= 0.3 is 0 Å². The van der Waals surface area contributed by atoms with Crippen molar-refractivity contribution in [2.45, 2.75) is 25.0 Å². The lowest BCUT2D eigenvalue weighted by Gasteiger charge is -2.19. The molecule has 2 aliphatic heterocycles. The minimum Gasteiger partial charge on any atom is -0.373 e. The van der Waals surface area contributed by atoms with E-state index in [1.807, 2.05) is 0 Å². The van der Waals surface area contributed by atoms with E-state index in [1.54, 1.807) is 0 Å². The van der Waals surface area contributed by atoms with Gasteiger partial charge in [-0.3, -0.25) is 0 Å². The van der Waals surface area contributed by atoms with Crippen molar-refractivity contribution in [3.63, 3.8) is 0 Å². The highest BCUT2D eigenvalue weighted by Gasteiger charge is 2.34. The summed E-state index contributed by atoms with van der Waals surface area (Å²) in [6.45, 7) is 1.95. The van der Waals surface area contributed by atoms with Crippen LogP contribution in [-0.4, -0.2) is 25.4 Å². The zero-order valence-corrected chi connectivity index (χ0v) is 8.26. The van der Waals surface area contributed by atoms with Gasteiger partial charge in [0.1, 0.15) is 0 Å². The van der Waals surface area contributed by atoms with Gasteiger partial charge in [0, 0.05) is 0 Å². The van der Waals surface area contributed by atoms with E-state index < -0.39 is 0 Å². The van der Waals surface area contributed by atoms with Gasteiger partial charge in [0.05, 0.1) is 25.4 Å². The fourth-order valence-corrected chi connectivity index (χ4v) is 2.26. The zero-order valence-electron chi connectivity index (χ0n) is 8.26. The van der Waals surface area contributed by atoms with Crippen molar-refractivity contribution in [1.29, 1.82) is 0 Å². The van der Waals surface area contributed by atoms with Crippen LogP contribution in [0.4, 0.5) is 0 Å². The highest BCUT2D eigenvalue weighted by Crippen LogP contribution is 2.34. The number of ether oxygens (including phenoxy) is 2. The summed E-state index contributed by atoms with van der Waals surface area (Å²) in [6, 6.07) is 0. The molecule has 0 saturated carbocycles. The SMILES string of the molecule is C1=CC(C(CC2CO2)CC2CO2)C=C1. The third kappa shape index (κ3) is 2.07. The molecule has 2 atom stereocenters. The van der Waals surface area contributed by atoms with Gasteiger partial charge in [0.2, 0.25) is 0 Å². The van der Waals surface area contributed by atoms with Crippen LogP contribution in [0.15, 0.2) is 24.3 Å². The molecule has 0 aromatic heterocycles. The third-order valence-electron chi connectivity index (χ3n) is 3.26. The van der Waals surface area contributed by atoms with E-state index in [-0.39, 0.29) is 0 Å². The van der Waals surface area contributed by atoms with Crippen LogP contribution < -0.4 is 0 Å². The first-order chi connectivity index (χ1) is 6.92. The lowest BCUT2D eigenvalue weighted by Crippen LogP contribution is -2.15. The summed E-state index contributed by atoms with van der Waals surface area (Å²) in [5.74, 6) is 1.35. The number of hydrogen-bond acceptors (Lipinski definition) is 2. The molecule has 14 heavy (non-hydrogen) atoms. The van der Waals surface area contributed by atoms with Gasteiger partial charge in [-0.25, -0.2) is 0 Å². The molecular weight excluding hydrogens is 176 g/mol. The van der Waals surface area contributed by atoms with E-state index in [9.17, 15) is 0 Å². The summed E-state index contributed by atoms with van der Waals surface area (Å²) < 4.78 is 10.6. The van der Waals surface area contributed by atoms with Crippen LogP contribution in [-0.2, 0) is 9.47 Å². The minimum absolute atomic E-state index is 0.543. The summed E-state index contributed by atoms with van der Waals surface area (Å²) in [5.41, 5.74) is 0. The maximum Gasteiger partial charge on any atom is 0.0812 e. The molecule has 2 nitrogen and oxygen atoms in total. The van der Waals surface area contributed by atoms with Gasteiger partial charge < -0.3 is 9.47 Å². The highest BCUT2D eigenvalue weighted by atomic mass is 16.6. The van der Waals surface area contributed by atoms with Crippen molar-refractivity contribution in [3.8, 4) is 0 Å². The van der Waals surface area contributed by atoms with Gasteiger partial charge in [0.25, 0.3) is 0 Å². The molecule has 0 N–H and O–H groups in total. The maximum atomic E-state index is 5.31. The topological polar surface area (TPSA) is 25.1 Å². The summed E-state index contributed by atoms with van der Waals surface area (Å²) >= 11 is 0. The molecule has 1 aliphatic carbocycles. The molecule has 0 amide bonds. The van der Waals surface area contributed by atoms with Gasteiger partial charge in [0.15, 0.2) is 0 Å². The van der Waals surface area contributed by atoms with E-state index in [1.165, 1.54) is 12.8 Å². The maximum absolute atomic E-state index is 5.31. The number of hydrogen-bond donors (Lipinski definition) is 0. The van der Waals surface area contributed by atoms with Crippen molar-refractivity contribution in [2.24, 2.45) is 11.8 Å². The largest absolute Gasteiger partial charge is 0.373 e. The molecule has 0 spiro atoms. The third-order valence-corrected chi connectivity index (χ3v) is 3.26. The average Bonchev–Trinajstić information content (AvgIpc) is 3.10. The first-order valence-corrected chi connectivity index (χ1v) is 5.50. The molecule has 0 aromatic rings. The van der Waals surface area contributed by atoms with E-state index in [0.717, 1.165) is 19.1 Å². The van der Waals surface area contributed by atoms with Crippen LogP contribution in [0, 0.1) is 11.8 Å². The Labute approximate surface area is 84.6 Å². The monoisotopic (exact) mass is 192 g/mol. The molecule has 76 valence electrons. The zero-order chi connectivity index (χ0) is 9.38. The van der Waals surface area contributed by atoms with E-state index in [4.69, 9.17) is 9.47 Å². The Hall–Kier alpha value is -0.600. The molecule has 2 saturated heterocycles. The van der Waals surface area contributed by atoms with E-state index in [2.05, 4.69) is 24.3 Å². The quantitative estimate of drug-likeness (QED) is 0.622. The molecule has 2 heteroatoms. The Balaban J connectivity index is 1.59. The summed E-state index contributed by atoms with van der Waals surface area (Å²) in [7, 11) is 0. The van der Waals surface area contributed by atoms with Gasteiger partial charge in [-0.2, -0.15) is 0 Å². The van der Waals surface area contributed by atoms with Crippen LogP contribution in [0.3, 0.4) is 0 Å². The summed E-state index contributed by atoms with van der Waals surface area (Å²) in [5, 5.41) is 0. The van der Waals surface area contributed by atoms with Crippen LogP contribution in [0.25, 0.3) is 0 Å². The lowest BCUT2D eigenvalue weighted by atomic mass is 9.86. The Kier molecular flexibility index (Phi) is 2.18. The van der Waals surface area contributed by atoms with Gasteiger partial charge in [-0.15, -0.1) is 0 Å². The molecule has 0 radical (unpaired) electrons. The lowest BCUT2D eigenvalue weighted by molar-refractivity contribution is 0.285. The van der Waals surface area contributed by atoms with Gasteiger partial charge in [-0.05, 0) is 24.7 Å². The number of epoxide rings is 2. The Morgan fingerprint density at radius 2 is 1.50 bits per heavy atom. The first kappa shape index (κ1) is 8.69. The van der Waals surface area contributed by atoms with Crippen molar-refractivity contribution < 1.29 is 9.47 Å². The Morgan fingerprint density at radius 1 is 1.00 bits per heavy atom. The predicted molar refractivity (Wildman–Crippen MR) is 54.0 cm³/mol. The number of allylic oxidation sites excluding steroid dienone is 4. The van der Waals surface area contributed by atoms with E-state index in [0.29, 0.717) is 18.1 Å². The molecular formula is C12H16O2. The Morgan fingerprint density at radius 3 is 1.93 bits per heavy atom. The Bertz CT molecular complexity index is 235. The molecule has 2 unspecified atom stereocenters.